The summed E-state index contributed by atoms with van der Waals surface area (Å²) in [6.45, 7) is 2.33. The number of aromatic amines is 1. The summed E-state index contributed by atoms with van der Waals surface area (Å²) in [5, 5.41) is 2.97. The first-order chi connectivity index (χ1) is 8.51. The molecule has 102 valence electrons. The van der Waals surface area contributed by atoms with E-state index in [1.54, 1.807) is 6.07 Å². The third-order valence-electron chi connectivity index (χ3n) is 3.11. The number of sulfonamides is 1. The Kier molecular flexibility index (Phi) is 4.06. The van der Waals surface area contributed by atoms with Crippen molar-refractivity contribution in [2.75, 3.05) is 27.2 Å². The van der Waals surface area contributed by atoms with Crippen molar-refractivity contribution in [2.45, 2.75) is 23.9 Å². The van der Waals surface area contributed by atoms with Crippen LogP contribution in [0.3, 0.4) is 0 Å². The topological polar surface area (TPSA) is 77.2 Å². The molecular weight excluding hydrogens is 252 g/mol. The lowest BCUT2D eigenvalue weighted by atomic mass is 10.3. The standard InChI is InChI=1S/C11H20N4O2S/c1-12-6-10-5-11(7-13-10)18(16,17)14-9-3-4-15(2)8-9/h5,7,9,12-14H,3-4,6,8H2,1-2H3. The fraction of sp³-hybridized carbons (Fsp3) is 0.636. The second-order valence-electron chi connectivity index (χ2n) is 4.76. The number of H-pyrrole nitrogens is 1. The molecule has 18 heavy (non-hydrogen) atoms. The zero-order valence-corrected chi connectivity index (χ0v) is 11.5. The lowest BCUT2D eigenvalue weighted by molar-refractivity contribution is 0.407. The van der Waals surface area contributed by atoms with Gasteiger partial charge in [-0.15, -0.1) is 0 Å². The van der Waals surface area contributed by atoms with Crippen LogP contribution in [0.5, 0.6) is 0 Å². The molecule has 1 aromatic rings. The zero-order chi connectivity index (χ0) is 13.2. The molecule has 1 unspecified atom stereocenters. The summed E-state index contributed by atoms with van der Waals surface area (Å²) in [6, 6.07) is 1.68. The molecular formula is C11H20N4O2S. The summed E-state index contributed by atoms with van der Waals surface area (Å²) in [5.41, 5.74) is 0.862. The molecule has 0 spiro atoms. The Morgan fingerprint density at radius 2 is 2.33 bits per heavy atom. The van der Waals surface area contributed by atoms with Crippen LogP contribution in [0.2, 0.25) is 0 Å². The first-order valence-corrected chi connectivity index (χ1v) is 7.52. The van der Waals surface area contributed by atoms with Gasteiger partial charge in [-0.3, -0.25) is 0 Å². The molecule has 0 aromatic carbocycles. The van der Waals surface area contributed by atoms with Gasteiger partial charge < -0.3 is 15.2 Å². The quantitative estimate of drug-likeness (QED) is 0.689. The maximum Gasteiger partial charge on any atom is 0.242 e. The van der Waals surface area contributed by atoms with E-state index in [2.05, 4.69) is 19.9 Å². The van der Waals surface area contributed by atoms with Crippen molar-refractivity contribution >= 4 is 10.0 Å². The average Bonchev–Trinajstić information content (AvgIpc) is 2.88. The van der Waals surface area contributed by atoms with Gasteiger partial charge in [0.1, 0.15) is 0 Å². The van der Waals surface area contributed by atoms with Gasteiger partial charge in [0.25, 0.3) is 0 Å². The molecule has 1 atom stereocenters. The second-order valence-corrected chi connectivity index (χ2v) is 6.47. The van der Waals surface area contributed by atoms with E-state index in [1.165, 1.54) is 6.20 Å². The number of aromatic nitrogens is 1. The molecule has 3 N–H and O–H groups in total. The first-order valence-electron chi connectivity index (χ1n) is 6.04. The number of nitrogens with zero attached hydrogens (tertiary/aromatic N) is 1. The highest BCUT2D eigenvalue weighted by Crippen LogP contribution is 2.14. The molecule has 0 bridgehead atoms. The van der Waals surface area contributed by atoms with Crippen LogP contribution in [0, 0.1) is 0 Å². The van der Waals surface area contributed by atoms with Crippen molar-refractivity contribution in [3.63, 3.8) is 0 Å². The summed E-state index contributed by atoms with van der Waals surface area (Å²) in [5.74, 6) is 0. The Balaban J connectivity index is 2.05. The number of hydrogen-bond acceptors (Lipinski definition) is 4. The highest BCUT2D eigenvalue weighted by Gasteiger charge is 2.25. The number of nitrogens with one attached hydrogen (secondary N) is 3. The molecule has 7 heteroatoms. The predicted octanol–water partition coefficient (Wildman–Crippen LogP) is -0.283. The molecule has 6 nitrogen and oxygen atoms in total. The van der Waals surface area contributed by atoms with Crippen molar-refractivity contribution in [2.24, 2.45) is 0 Å². The summed E-state index contributed by atoms with van der Waals surface area (Å²) < 4.78 is 27.0. The van der Waals surface area contributed by atoms with Gasteiger partial charge in [0.2, 0.25) is 10.0 Å². The Labute approximate surface area is 108 Å². The minimum atomic E-state index is -3.40. The van der Waals surface area contributed by atoms with Gasteiger partial charge in [-0.2, -0.15) is 0 Å². The molecule has 0 radical (unpaired) electrons. The van der Waals surface area contributed by atoms with Gasteiger partial charge in [0, 0.05) is 31.0 Å². The van der Waals surface area contributed by atoms with Crippen molar-refractivity contribution in [3.8, 4) is 0 Å². The third-order valence-corrected chi connectivity index (χ3v) is 4.61. The molecule has 0 amide bonds. The van der Waals surface area contributed by atoms with Crippen LogP contribution in [-0.2, 0) is 16.6 Å². The number of hydrogen-bond donors (Lipinski definition) is 3. The molecule has 1 fully saturated rings. The predicted molar refractivity (Wildman–Crippen MR) is 69.8 cm³/mol. The van der Waals surface area contributed by atoms with Crippen LogP contribution >= 0.6 is 0 Å². The molecule has 1 aromatic heterocycles. The van der Waals surface area contributed by atoms with Crippen molar-refractivity contribution < 1.29 is 8.42 Å². The molecule has 0 aliphatic carbocycles. The van der Waals surface area contributed by atoms with E-state index in [1.807, 2.05) is 14.1 Å². The number of likely N-dealkylation sites (N-methyl/N-ethyl adjacent to an activating group) is 1. The summed E-state index contributed by atoms with van der Waals surface area (Å²) in [4.78, 5) is 5.38. The van der Waals surface area contributed by atoms with Crippen molar-refractivity contribution in [1.29, 1.82) is 0 Å². The Hall–Kier alpha value is -0.890. The van der Waals surface area contributed by atoms with E-state index in [0.717, 1.165) is 25.2 Å². The monoisotopic (exact) mass is 272 g/mol. The van der Waals surface area contributed by atoms with E-state index < -0.39 is 10.0 Å². The van der Waals surface area contributed by atoms with Gasteiger partial charge in [-0.1, -0.05) is 0 Å². The fourth-order valence-electron chi connectivity index (χ4n) is 2.19. The lowest BCUT2D eigenvalue weighted by Gasteiger charge is -2.12. The smallest absolute Gasteiger partial charge is 0.242 e. The van der Waals surface area contributed by atoms with Gasteiger partial charge in [-0.25, -0.2) is 13.1 Å². The SMILES string of the molecule is CNCc1cc(S(=O)(=O)NC2CCN(C)C2)c[nH]1. The van der Waals surface area contributed by atoms with Gasteiger partial charge in [-0.05, 0) is 33.1 Å². The second kappa shape index (κ2) is 5.40. The van der Waals surface area contributed by atoms with Crippen LogP contribution in [-0.4, -0.2) is 51.5 Å². The Morgan fingerprint density at radius 1 is 1.56 bits per heavy atom. The largest absolute Gasteiger partial charge is 0.363 e. The maximum atomic E-state index is 12.1. The van der Waals surface area contributed by atoms with E-state index in [0.29, 0.717) is 11.4 Å². The van der Waals surface area contributed by atoms with E-state index in [-0.39, 0.29) is 6.04 Å². The van der Waals surface area contributed by atoms with Crippen molar-refractivity contribution in [1.82, 2.24) is 19.9 Å². The van der Waals surface area contributed by atoms with Crippen LogP contribution in [0.4, 0.5) is 0 Å². The minimum absolute atomic E-state index is 0.0163. The van der Waals surface area contributed by atoms with E-state index in [9.17, 15) is 8.42 Å². The minimum Gasteiger partial charge on any atom is -0.363 e. The summed E-state index contributed by atoms with van der Waals surface area (Å²) in [7, 11) is 0.416. The van der Waals surface area contributed by atoms with Gasteiger partial charge in [0.15, 0.2) is 0 Å². The van der Waals surface area contributed by atoms with Crippen LogP contribution in [0.25, 0.3) is 0 Å². The van der Waals surface area contributed by atoms with Gasteiger partial charge in [0.05, 0.1) is 4.90 Å². The van der Waals surface area contributed by atoms with Crippen LogP contribution in [0.15, 0.2) is 17.2 Å². The van der Waals surface area contributed by atoms with Crippen LogP contribution < -0.4 is 10.0 Å². The Morgan fingerprint density at radius 3 is 2.94 bits per heavy atom. The normalized spacial score (nSPS) is 21.6. The molecule has 1 saturated heterocycles. The van der Waals surface area contributed by atoms with Gasteiger partial charge >= 0.3 is 0 Å². The third kappa shape index (κ3) is 3.11. The fourth-order valence-corrected chi connectivity index (χ4v) is 3.46. The van der Waals surface area contributed by atoms with E-state index >= 15 is 0 Å². The summed E-state index contributed by atoms with van der Waals surface area (Å²) in [6.07, 6.45) is 2.40. The number of rotatable bonds is 5. The zero-order valence-electron chi connectivity index (χ0n) is 10.7. The molecule has 2 heterocycles. The average molecular weight is 272 g/mol. The molecule has 0 saturated carbocycles. The highest BCUT2D eigenvalue weighted by atomic mass is 32.2. The molecule has 1 aliphatic rings. The summed E-state index contributed by atoms with van der Waals surface area (Å²) >= 11 is 0. The molecule has 1 aliphatic heterocycles. The Bertz CT molecular complexity index is 497. The first kappa shape index (κ1) is 13.5. The number of likely N-dealkylation sites (tertiary alicyclic amines) is 1. The van der Waals surface area contributed by atoms with Crippen LogP contribution in [0.1, 0.15) is 12.1 Å². The maximum absolute atomic E-state index is 12.1. The van der Waals surface area contributed by atoms with E-state index in [4.69, 9.17) is 0 Å². The molecule has 2 rings (SSSR count). The lowest BCUT2D eigenvalue weighted by Crippen LogP contribution is -2.36. The highest BCUT2D eigenvalue weighted by molar-refractivity contribution is 7.89. The van der Waals surface area contributed by atoms with Crippen molar-refractivity contribution in [3.05, 3.63) is 18.0 Å².